The number of rotatable bonds is 2. The molecule has 1 unspecified atom stereocenters. The van der Waals surface area contributed by atoms with Crippen molar-refractivity contribution in [2.45, 2.75) is 19.4 Å². The molecule has 1 aliphatic heterocycles. The molecular formula is C13H19ClN2. The maximum atomic E-state index is 6.24. The molecule has 0 aliphatic carbocycles. The predicted molar refractivity (Wildman–Crippen MR) is 68.9 cm³/mol. The molecular weight excluding hydrogens is 220 g/mol. The summed E-state index contributed by atoms with van der Waals surface area (Å²) >= 11 is 6.24. The molecule has 1 fully saturated rings. The van der Waals surface area contributed by atoms with Crippen LogP contribution in [0.4, 0.5) is 0 Å². The Balaban J connectivity index is 2.11. The minimum Gasteiger partial charge on any atom is -0.315 e. The third-order valence-electron chi connectivity index (χ3n) is 3.28. The second kappa shape index (κ2) is 5.67. The zero-order valence-corrected chi connectivity index (χ0v) is 10.5. The molecule has 0 radical (unpaired) electrons. The highest BCUT2D eigenvalue weighted by atomic mass is 35.5. The fourth-order valence-corrected chi connectivity index (χ4v) is 2.56. The van der Waals surface area contributed by atoms with Gasteiger partial charge in [-0.1, -0.05) is 29.8 Å². The van der Waals surface area contributed by atoms with Crippen molar-refractivity contribution < 1.29 is 0 Å². The SMILES string of the molecule is CC(c1ccccc1Cl)N1CCCNCC1. The summed E-state index contributed by atoms with van der Waals surface area (Å²) in [5.41, 5.74) is 1.24. The van der Waals surface area contributed by atoms with Crippen LogP contribution in [0, 0.1) is 0 Å². The highest BCUT2D eigenvalue weighted by Gasteiger charge is 2.18. The molecule has 0 spiro atoms. The monoisotopic (exact) mass is 238 g/mol. The molecule has 1 N–H and O–H groups in total. The molecule has 0 saturated carbocycles. The molecule has 1 aliphatic rings. The van der Waals surface area contributed by atoms with E-state index in [2.05, 4.69) is 29.3 Å². The van der Waals surface area contributed by atoms with Gasteiger partial charge in [0.1, 0.15) is 0 Å². The van der Waals surface area contributed by atoms with Crippen LogP contribution in [-0.4, -0.2) is 31.1 Å². The Kier molecular flexibility index (Phi) is 4.22. The first-order valence-corrected chi connectivity index (χ1v) is 6.36. The molecule has 88 valence electrons. The lowest BCUT2D eigenvalue weighted by atomic mass is 10.1. The molecule has 3 heteroatoms. The lowest BCUT2D eigenvalue weighted by Gasteiger charge is -2.28. The Bertz CT molecular complexity index is 332. The van der Waals surface area contributed by atoms with E-state index < -0.39 is 0 Å². The maximum absolute atomic E-state index is 6.24. The Hall–Kier alpha value is -0.570. The van der Waals surface area contributed by atoms with Gasteiger partial charge in [0.25, 0.3) is 0 Å². The van der Waals surface area contributed by atoms with E-state index in [1.54, 1.807) is 0 Å². The summed E-state index contributed by atoms with van der Waals surface area (Å²) < 4.78 is 0. The second-order valence-electron chi connectivity index (χ2n) is 4.34. The van der Waals surface area contributed by atoms with Crippen molar-refractivity contribution in [2.75, 3.05) is 26.2 Å². The zero-order chi connectivity index (χ0) is 11.4. The summed E-state index contributed by atoms with van der Waals surface area (Å²) in [6, 6.07) is 8.57. The van der Waals surface area contributed by atoms with Crippen molar-refractivity contribution in [2.24, 2.45) is 0 Å². The van der Waals surface area contributed by atoms with E-state index in [4.69, 9.17) is 11.6 Å². The molecule has 1 aromatic rings. The smallest absolute Gasteiger partial charge is 0.0453 e. The lowest BCUT2D eigenvalue weighted by Crippen LogP contribution is -2.30. The van der Waals surface area contributed by atoms with Crippen LogP contribution in [0.15, 0.2) is 24.3 Å². The summed E-state index contributed by atoms with van der Waals surface area (Å²) in [5, 5.41) is 4.31. The van der Waals surface area contributed by atoms with Gasteiger partial charge in [0, 0.05) is 24.2 Å². The van der Waals surface area contributed by atoms with Crippen LogP contribution in [0.3, 0.4) is 0 Å². The van der Waals surface area contributed by atoms with Crippen LogP contribution in [0.2, 0.25) is 5.02 Å². The first-order valence-electron chi connectivity index (χ1n) is 5.98. The molecule has 1 saturated heterocycles. The maximum Gasteiger partial charge on any atom is 0.0453 e. The van der Waals surface area contributed by atoms with Gasteiger partial charge in [0.05, 0.1) is 0 Å². The summed E-state index contributed by atoms with van der Waals surface area (Å²) in [6.07, 6.45) is 1.22. The molecule has 16 heavy (non-hydrogen) atoms. The van der Waals surface area contributed by atoms with Gasteiger partial charge >= 0.3 is 0 Å². The van der Waals surface area contributed by atoms with Gasteiger partial charge in [-0.15, -0.1) is 0 Å². The summed E-state index contributed by atoms with van der Waals surface area (Å²) in [4.78, 5) is 2.50. The third-order valence-corrected chi connectivity index (χ3v) is 3.62. The molecule has 1 atom stereocenters. The number of nitrogens with one attached hydrogen (secondary N) is 1. The number of hydrogen-bond acceptors (Lipinski definition) is 2. The van der Waals surface area contributed by atoms with E-state index in [1.807, 2.05) is 12.1 Å². The minimum absolute atomic E-state index is 0.411. The number of halogens is 1. The average Bonchev–Trinajstić information content (AvgIpc) is 2.57. The van der Waals surface area contributed by atoms with Crippen LogP contribution < -0.4 is 5.32 Å². The molecule has 2 nitrogen and oxygen atoms in total. The van der Waals surface area contributed by atoms with Gasteiger partial charge in [-0.25, -0.2) is 0 Å². The molecule has 0 bridgehead atoms. The normalized spacial score (nSPS) is 20.4. The zero-order valence-electron chi connectivity index (χ0n) is 9.75. The van der Waals surface area contributed by atoms with Crippen molar-refractivity contribution in [1.82, 2.24) is 10.2 Å². The average molecular weight is 239 g/mol. The van der Waals surface area contributed by atoms with Gasteiger partial charge in [0.2, 0.25) is 0 Å². The van der Waals surface area contributed by atoms with Crippen molar-refractivity contribution >= 4 is 11.6 Å². The van der Waals surface area contributed by atoms with E-state index in [0.717, 1.165) is 31.2 Å². The van der Waals surface area contributed by atoms with Gasteiger partial charge in [0.15, 0.2) is 0 Å². The quantitative estimate of drug-likeness (QED) is 0.853. The highest BCUT2D eigenvalue weighted by molar-refractivity contribution is 6.31. The summed E-state index contributed by atoms with van der Waals surface area (Å²) in [6.45, 7) is 6.71. The van der Waals surface area contributed by atoms with Gasteiger partial charge in [-0.05, 0) is 38.1 Å². The number of benzene rings is 1. The molecule has 0 amide bonds. The van der Waals surface area contributed by atoms with Crippen molar-refractivity contribution in [3.8, 4) is 0 Å². The lowest BCUT2D eigenvalue weighted by molar-refractivity contribution is 0.225. The summed E-state index contributed by atoms with van der Waals surface area (Å²) in [7, 11) is 0. The fraction of sp³-hybridized carbons (Fsp3) is 0.538. The van der Waals surface area contributed by atoms with E-state index in [0.29, 0.717) is 6.04 Å². The van der Waals surface area contributed by atoms with Gasteiger partial charge in [-0.3, -0.25) is 4.90 Å². The van der Waals surface area contributed by atoms with Crippen molar-refractivity contribution in [3.05, 3.63) is 34.9 Å². The van der Waals surface area contributed by atoms with E-state index >= 15 is 0 Å². The van der Waals surface area contributed by atoms with Crippen LogP contribution >= 0.6 is 11.6 Å². The Labute approximate surface area is 103 Å². The van der Waals surface area contributed by atoms with E-state index in [9.17, 15) is 0 Å². The van der Waals surface area contributed by atoms with Crippen LogP contribution in [0.25, 0.3) is 0 Å². The second-order valence-corrected chi connectivity index (χ2v) is 4.74. The standard InChI is InChI=1S/C13H19ClN2/c1-11(12-5-2-3-6-13(12)14)16-9-4-7-15-8-10-16/h2-3,5-6,11,15H,4,7-10H2,1H3. The Morgan fingerprint density at radius 1 is 1.25 bits per heavy atom. The topological polar surface area (TPSA) is 15.3 Å². The predicted octanol–water partition coefficient (Wildman–Crippen LogP) is 2.70. The number of nitrogens with zero attached hydrogens (tertiary/aromatic N) is 1. The van der Waals surface area contributed by atoms with E-state index in [1.165, 1.54) is 12.0 Å². The first-order chi connectivity index (χ1) is 7.79. The number of hydrogen-bond donors (Lipinski definition) is 1. The van der Waals surface area contributed by atoms with Crippen LogP contribution in [0.1, 0.15) is 24.9 Å². The molecule has 2 rings (SSSR count). The van der Waals surface area contributed by atoms with Gasteiger partial charge < -0.3 is 5.32 Å². The fourth-order valence-electron chi connectivity index (χ4n) is 2.26. The van der Waals surface area contributed by atoms with Crippen LogP contribution in [0.5, 0.6) is 0 Å². The van der Waals surface area contributed by atoms with Crippen molar-refractivity contribution in [3.63, 3.8) is 0 Å². The molecule has 0 aromatic heterocycles. The molecule has 1 heterocycles. The van der Waals surface area contributed by atoms with Crippen LogP contribution in [-0.2, 0) is 0 Å². The Morgan fingerprint density at radius 3 is 2.88 bits per heavy atom. The Morgan fingerprint density at radius 2 is 2.06 bits per heavy atom. The van der Waals surface area contributed by atoms with Crippen molar-refractivity contribution in [1.29, 1.82) is 0 Å². The van der Waals surface area contributed by atoms with Gasteiger partial charge in [-0.2, -0.15) is 0 Å². The van der Waals surface area contributed by atoms with E-state index in [-0.39, 0.29) is 0 Å². The summed E-state index contributed by atoms with van der Waals surface area (Å²) in [5.74, 6) is 0. The molecule has 1 aromatic carbocycles. The first kappa shape index (κ1) is 11.9. The largest absolute Gasteiger partial charge is 0.315 e. The highest BCUT2D eigenvalue weighted by Crippen LogP contribution is 2.27. The third kappa shape index (κ3) is 2.76. The minimum atomic E-state index is 0.411.